The highest BCUT2D eigenvalue weighted by Crippen LogP contribution is 2.38. The molecule has 0 N–H and O–H groups in total. The molecule has 0 atom stereocenters. The first-order valence-electron chi connectivity index (χ1n) is 10.3. The van der Waals surface area contributed by atoms with Crippen molar-refractivity contribution in [1.82, 2.24) is 0 Å². The van der Waals surface area contributed by atoms with Gasteiger partial charge in [-0.05, 0) is 52.9 Å². The van der Waals surface area contributed by atoms with Crippen LogP contribution in [0.3, 0.4) is 0 Å². The third kappa shape index (κ3) is 4.57. The Morgan fingerprint density at radius 1 is 0.815 bits per heavy atom. The first-order valence-corrected chi connectivity index (χ1v) is 13.3. The van der Waals surface area contributed by atoms with E-state index in [-0.39, 0.29) is 5.04 Å². The maximum absolute atomic E-state index is 7.10. The van der Waals surface area contributed by atoms with Crippen LogP contribution in [0, 0.1) is 11.8 Å². The van der Waals surface area contributed by atoms with Gasteiger partial charge in [0.05, 0.1) is 0 Å². The zero-order valence-corrected chi connectivity index (χ0v) is 19.5. The number of hydrogen-bond donors (Lipinski definition) is 0. The first-order chi connectivity index (χ1) is 13.0. The Labute approximate surface area is 174 Å². The van der Waals surface area contributed by atoms with Gasteiger partial charge in [0.1, 0.15) is 0 Å². The van der Waals surface area contributed by atoms with Gasteiger partial charge in [-0.25, -0.2) is 0 Å². The third-order valence-corrected chi connectivity index (χ3v) is 12.1. The summed E-state index contributed by atoms with van der Waals surface area (Å²) in [6, 6.07) is 22.0. The molecule has 0 saturated heterocycles. The van der Waals surface area contributed by atoms with Gasteiger partial charge in [0, 0.05) is 11.9 Å². The molecule has 1 saturated carbocycles. The largest absolute Gasteiger partial charge is 0.407 e. The molecule has 0 amide bonds. The molecule has 146 valence electrons. The van der Waals surface area contributed by atoms with Crippen LogP contribution in [0.5, 0.6) is 0 Å². The van der Waals surface area contributed by atoms with Gasteiger partial charge in [-0.3, -0.25) is 0 Å². The number of halogens is 1. The van der Waals surface area contributed by atoms with Gasteiger partial charge in [-0.2, -0.15) is 0 Å². The Morgan fingerprint density at radius 2 is 1.26 bits per heavy atom. The van der Waals surface area contributed by atoms with Gasteiger partial charge in [-0.15, -0.1) is 0 Å². The van der Waals surface area contributed by atoms with Crippen molar-refractivity contribution in [2.45, 2.75) is 51.5 Å². The Balaban J connectivity index is 1.92. The Morgan fingerprint density at radius 3 is 1.67 bits per heavy atom. The number of alkyl halides is 1. The molecule has 1 nitrogen and oxygen atoms in total. The van der Waals surface area contributed by atoms with Crippen molar-refractivity contribution in [3.8, 4) is 0 Å². The fourth-order valence-electron chi connectivity index (χ4n) is 4.56. The molecule has 0 bridgehead atoms. The second-order valence-corrected chi connectivity index (χ2v) is 14.0. The van der Waals surface area contributed by atoms with Crippen LogP contribution in [0.4, 0.5) is 0 Å². The van der Waals surface area contributed by atoms with E-state index in [9.17, 15) is 0 Å². The lowest BCUT2D eigenvalue weighted by molar-refractivity contribution is 0.181. The Hall–Kier alpha value is -0.903. The fourth-order valence-corrected chi connectivity index (χ4v) is 9.85. The zero-order valence-electron chi connectivity index (χ0n) is 17.0. The Kier molecular flexibility index (Phi) is 6.99. The molecule has 2 aromatic carbocycles. The van der Waals surface area contributed by atoms with Gasteiger partial charge in [0.2, 0.25) is 0 Å². The molecule has 27 heavy (non-hydrogen) atoms. The normalized spacial score (nSPS) is 21.2. The molecule has 1 aliphatic carbocycles. The molecule has 2 aromatic rings. The molecule has 0 radical (unpaired) electrons. The summed E-state index contributed by atoms with van der Waals surface area (Å²) in [4.78, 5) is 0. The molecule has 3 rings (SSSR count). The number of hydrogen-bond acceptors (Lipinski definition) is 1. The summed E-state index contributed by atoms with van der Waals surface area (Å²) in [5.41, 5.74) is 0. The van der Waals surface area contributed by atoms with Crippen LogP contribution in [0.25, 0.3) is 0 Å². The summed E-state index contributed by atoms with van der Waals surface area (Å²) in [5.74, 6) is 1.55. The van der Waals surface area contributed by atoms with E-state index in [1.165, 1.54) is 36.1 Å². The second kappa shape index (κ2) is 9.06. The SMILES string of the molecule is CC(C)(C)[Si](OCC1CCC(CBr)CC1)(c1ccccc1)c1ccccc1. The van der Waals surface area contributed by atoms with Crippen LogP contribution in [0.2, 0.25) is 5.04 Å². The van der Waals surface area contributed by atoms with E-state index in [0.717, 1.165) is 17.9 Å². The maximum atomic E-state index is 7.10. The van der Waals surface area contributed by atoms with Crippen molar-refractivity contribution in [3.63, 3.8) is 0 Å². The Bertz CT molecular complexity index is 648. The highest BCUT2D eigenvalue weighted by Gasteiger charge is 2.50. The quantitative estimate of drug-likeness (QED) is 0.406. The molecule has 1 fully saturated rings. The van der Waals surface area contributed by atoms with Gasteiger partial charge in [0.15, 0.2) is 0 Å². The van der Waals surface area contributed by atoms with E-state index < -0.39 is 8.32 Å². The molecule has 0 heterocycles. The molecule has 3 heteroatoms. The van der Waals surface area contributed by atoms with Crippen molar-refractivity contribution in [2.75, 3.05) is 11.9 Å². The molecule has 1 aliphatic rings. The smallest absolute Gasteiger partial charge is 0.261 e. The standard InChI is InChI=1S/C24H33BrOSi/c1-24(2,3)27(22-10-6-4-7-11-22,23-12-8-5-9-13-23)26-19-21-16-14-20(18-25)15-17-21/h4-13,20-21H,14-19H2,1-3H3. The van der Waals surface area contributed by atoms with Crippen molar-refractivity contribution in [1.29, 1.82) is 0 Å². The summed E-state index contributed by atoms with van der Waals surface area (Å²) in [5, 5.41) is 3.99. The van der Waals surface area contributed by atoms with Crippen molar-refractivity contribution < 1.29 is 4.43 Å². The monoisotopic (exact) mass is 444 g/mol. The van der Waals surface area contributed by atoms with Crippen LogP contribution in [-0.4, -0.2) is 20.3 Å². The lowest BCUT2D eigenvalue weighted by Crippen LogP contribution is -2.66. The summed E-state index contributed by atoms with van der Waals surface area (Å²) in [6.07, 6.45) is 5.27. The van der Waals surface area contributed by atoms with Crippen LogP contribution < -0.4 is 10.4 Å². The molecular formula is C24H33BrOSi. The van der Waals surface area contributed by atoms with E-state index in [1.54, 1.807) is 0 Å². The molecule has 0 unspecified atom stereocenters. The summed E-state index contributed by atoms with van der Waals surface area (Å²) in [7, 11) is -2.37. The van der Waals surface area contributed by atoms with E-state index in [4.69, 9.17) is 4.43 Å². The van der Waals surface area contributed by atoms with Crippen molar-refractivity contribution in [2.24, 2.45) is 11.8 Å². The van der Waals surface area contributed by atoms with E-state index in [0.29, 0.717) is 5.92 Å². The zero-order chi connectivity index (χ0) is 19.3. The topological polar surface area (TPSA) is 9.23 Å². The number of rotatable bonds is 6. The minimum atomic E-state index is -2.37. The van der Waals surface area contributed by atoms with Gasteiger partial charge in [0.25, 0.3) is 8.32 Å². The van der Waals surface area contributed by atoms with Crippen LogP contribution >= 0.6 is 15.9 Å². The van der Waals surface area contributed by atoms with Crippen LogP contribution in [0.15, 0.2) is 60.7 Å². The average Bonchev–Trinajstić information content (AvgIpc) is 2.69. The third-order valence-electron chi connectivity index (χ3n) is 6.14. The minimum Gasteiger partial charge on any atom is -0.407 e. The van der Waals surface area contributed by atoms with Gasteiger partial charge < -0.3 is 4.43 Å². The van der Waals surface area contributed by atoms with Crippen molar-refractivity contribution in [3.05, 3.63) is 60.7 Å². The molecule has 0 aromatic heterocycles. The van der Waals surface area contributed by atoms with E-state index in [2.05, 4.69) is 97.4 Å². The summed E-state index contributed by atoms with van der Waals surface area (Å²) in [6.45, 7) is 7.98. The molecule has 0 spiro atoms. The maximum Gasteiger partial charge on any atom is 0.261 e. The molecular weight excluding hydrogens is 412 g/mol. The van der Waals surface area contributed by atoms with Crippen LogP contribution in [-0.2, 0) is 4.43 Å². The number of benzene rings is 2. The van der Waals surface area contributed by atoms with E-state index in [1.807, 2.05) is 0 Å². The van der Waals surface area contributed by atoms with Crippen molar-refractivity contribution >= 4 is 34.6 Å². The first kappa shape index (κ1) is 20.8. The predicted molar refractivity (Wildman–Crippen MR) is 123 cm³/mol. The lowest BCUT2D eigenvalue weighted by atomic mass is 9.83. The highest BCUT2D eigenvalue weighted by atomic mass is 79.9. The summed E-state index contributed by atoms with van der Waals surface area (Å²) >= 11 is 3.66. The fraction of sp³-hybridized carbons (Fsp3) is 0.500. The van der Waals surface area contributed by atoms with Crippen LogP contribution in [0.1, 0.15) is 46.5 Å². The lowest BCUT2D eigenvalue weighted by Gasteiger charge is -2.44. The predicted octanol–water partition coefficient (Wildman–Crippen LogP) is 5.76. The second-order valence-electron chi connectivity index (χ2n) is 9.02. The van der Waals surface area contributed by atoms with Gasteiger partial charge in [-0.1, -0.05) is 97.4 Å². The molecule has 0 aliphatic heterocycles. The average molecular weight is 446 g/mol. The van der Waals surface area contributed by atoms with E-state index >= 15 is 0 Å². The van der Waals surface area contributed by atoms with Gasteiger partial charge >= 0.3 is 0 Å². The highest BCUT2D eigenvalue weighted by molar-refractivity contribution is 9.09. The minimum absolute atomic E-state index is 0.0722. The summed E-state index contributed by atoms with van der Waals surface area (Å²) < 4.78 is 7.10.